The zero-order valence-corrected chi connectivity index (χ0v) is 12.1. The molecule has 1 saturated carbocycles. The van der Waals surface area contributed by atoms with Gasteiger partial charge in [-0.15, -0.1) is 0 Å². The topological polar surface area (TPSA) is 50.1 Å². The van der Waals surface area contributed by atoms with E-state index in [0.717, 1.165) is 50.1 Å². The van der Waals surface area contributed by atoms with Gasteiger partial charge in [-0.3, -0.25) is 0 Å². The lowest BCUT2D eigenvalue weighted by molar-refractivity contribution is -0.0316. The van der Waals surface area contributed by atoms with Crippen LogP contribution in [0.2, 0.25) is 0 Å². The molecule has 1 heterocycles. The molecule has 0 spiro atoms. The summed E-state index contributed by atoms with van der Waals surface area (Å²) in [6, 6.07) is 8.27. The fraction of sp³-hybridized carbons (Fsp3) is 0.562. The maximum absolute atomic E-state index is 10.1. The lowest BCUT2D eigenvalue weighted by atomic mass is 9.80. The molecule has 20 heavy (non-hydrogen) atoms. The third-order valence-electron chi connectivity index (χ3n) is 4.20. The van der Waals surface area contributed by atoms with Crippen molar-refractivity contribution < 1.29 is 5.11 Å². The van der Waals surface area contributed by atoms with Crippen LogP contribution in [-0.2, 0) is 13.1 Å². The average Bonchev–Trinajstić information content (AvgIpc) is 2.76. The van der Waals surface area contributed by atoms with Crippen LogP contribution < -0.4 is 5.32 Å². The first kappa shape index (κ1) is 13.6. The van der Waals surface area contributed by atoms with E-state index in [4.69, 9.17) is 4.98 Å². The van der Waals surface area contributed by atoms with E-state index in [9.17, 15) is 5.11 Å². The number of rotatable bonds is 6. The first-order chi connectivity index (χ1) is 9.72. The Balaban J connectivity index is 1.74. The molecule has 0 amide bonds. The van der Waals surface area contributed by atoms with E-state index in [1.807, 2.05) is 6.07 Å². The van der Waals surface area contributed by atoms with Crippen molar-refractivity contribution in [2.24, 2.45) is 0 Å². The highest BCUT2D eigenvalue weighted by Gasteiger charge is 2.33. The molecule has 4 nitrogen and oxygen atoms in total. The quantitative estimate of drug-likeness (QED) is 0.850. The Morgan fingerprint density at radius 3 is 2.85 bits per heavy atom. The van der Waals surface area contributed by atoms with Gasteiger partial charge in [0.1, 0.15) is 5.82 Å². The first-order valence-corrected chi connectivity index (χ1v) is 7.59. The molecule has 2 N–H and O–H groups in total. The number of fused-ring (bicyclic) bond motifs is 1. The normalized spacial score (nSPS) is 17.3. The fourth-order valence-corrected chi connectivity index (χ4v) is 2.90. The highest BCUT2D eigenvalue weighted by Crippen LogP contribution is 2.30. The molecule has 1 aromatic heterocycles. The van der Waals surface area contributed by atoms with Crippen LogP contribution in [0.15, 0.2) is 24.3 Å². The van der Waals surface area contributed by atoms with E-state index in [0.29, 0.717) is 6.54 Å². The Morgan fingerprint density at radius 2 is 2.15 bits per heavy atom. The molecule has 1 aromatic carbocycles. The molecule has 2 aromatic rings. The Labute approximate surface area is 119 Å². The molecular formula is C16H23N3O. The maximum atomic E-state index is 10.1. The van der Waals surface area contributed by atoms with Gasteiger partial charge in [0.15, 0.2) is 0 Å². The molecule has 0 radical (unpaired) electrons. The largest absolute Gasteiger partial charge is 0.389 e. The summed E-state index contributed by atoms with van der Waals surface area (Å²) in [5.41, 5.74) is 1.79. The van der Waals surface area contributed by atoms with Gasteiger partial charge in [0, 0.05) is 13.1 Å². The van der Waals surface area contributed by atoms with Crippen LogP contribution in [0.3, 0.4) is 0 Å². The van der Waals surface area contributed by atoms with E-state index in [1.54, 1.807) is 0 Å². The monoisotopic (exact) mass is 273 g/mol. The summed E-state index contributed by atoms with van der Waals surface area (Å²) in [6.07, 6.45) is 4.08. The number of hydrogen-bond acceptors (Lipinski definition) is 3. The maximum Gasteiger partial charge on any atom is 0.123 e. The van der Waals surface area contributed by atoms with Gasteiger partial charge in [-0.1, -0.05) is 19.1 Å². The van der Waals surface area contributed by atoms with E-state index >= 15 is 0 Å². The second kappa shape index (κ2) is 5.54. The van der Waals surface area contributed by atoms with Gasteiger partial charge in [-0.05, 0) is 37.8 Å². The Morgan fingerprint density at radius 1 is 1.35 bits per heavy atom. The minimum absolute atomic E-state index is 0.471. The zero-order chi connectivity index (χ0) is 14.0. The number of aromatic nitrogens is 2. The van der Waals surface area contributed by atoms with E-state index < -0.39 is 5.60 Å². The van der Waals surface area contributed by atoms with Crippen LogP contribution >= 0.6 is 0 Å². The van der Waals surface area contributed by atoms with Gasteiger partial charge >= 0.3 is 0 Å². The number of nitrogens with one attached hydrogen (secondary N) is 1. The zero-order valence-electron chi connectivity index (χ0n) is 12.1. The molecule has 1 fully saturated rings. The summed E-state index contributed by atoms with van der Waals surface area (Å²) in [4.78, 5) is 4.71. The number of aliphatic hydroxyl groups is 1. The molecule has 1 aliphatic carbocycles. The van der Waals surface area contributed by atoms with E-state index in [-0.39, 0.29) is 0 Å². The van der Waals surface area contributed by atoms with Crippen molar-refractivity contribution in [1.29, 1.82) is 0 Å². The Kier molecular flexibility index (Phi) is 3.76. The summed E-state index contributed by atoms with van der Waals surface area (Å²) in [5, 5.41) is 13.5. The predicted molar refractivity (Wildman–Crippen MR) is 80.5 cm³/mol. The van der Waals surface area contributed by atoms with Crippen molar-refractivity contribution in [2.45, 2.75) is 51.3 Å². The summed E-state index contributed by atoms with van der Waals surface area (Å²) < 4.78 is 2.28. The Bertz CT molecular complexity index is 586. The average molecular weight is 273 g/mol. The van der Waals surface area contributed by atoms with Gasteiger partial charge in [0.25, 0.3) is 0 Å². The number of benzene rings is 1. The van der Waals surface area contributed by atoms with Crippen LogP contribution in [0.5, 0.6) is 0 Å². The van der Waals surface area contributed by atoms with Crippen LogP contribution in [0.1, 0.15) is 38.4 Å². The van der Waals surface area contributed by atoms with Crippen molar-refractivity contribution in [3.8, 4) is 0 Å². The minimum atomic E-state index is -0.471. The van der Waals surface area contributed by atoms with Gasteiger partial charge in [0.2, 0.25) is 0 Å². The summed E-state index contributed by atoms with van der Waals surface area (Å²) in [5.74, 6) is 1.07. The summed E-state index contributed by atoms with van der Waals surface area (Å²) in [6.45, 7) is 4.56. The van der Waals surface area contributed by atoms with E-state index in [2.05, 4.69) is 35.0 Å². The molecule has 0 atom stereocenters. The van der Waals surface area contributed by atoms with Crippen molar-refractivity contribution in [2.75, 3.05) is 6.54 Å². The standard InChI is InChI=1S/C16H23N3O/c1-2-10-19-14-7-4-3-6-13(14)18-15(19)11-17-12-16(20)8-5-9-16/h3-4,6-7,17,20H,2,5,8-12H2,1H3. The number of nitrogens with zero attached hydrogens (tertiary/aromatic N) is 2. The Hall–Kier alpha value is -1.39. The second-order valence-electron chi connectivity index (χ2n) is 5.85. The van der Waals surface area contributed by atoms with Gasteiger partial charge in [-0.2, -0.15) is 0 Å². The van der Waals surface area contributed by atoms with E-state index in [1.165, 1.54) is 5.52 Å². The highest BCUT2D eigenvalue weighted by molar-refractivity contribution is 5.75. The summed E-state index contributed by atoms with van der Waals surface area (Å²) >= 11 is 0. The van der Waals surface area contributed by atoms with Crippen LogP contribution in [0.4, 0.5) is 0 Å². The lowest BCUT2D eigenvalue weighted by Gasteiger charge is -2.36. The molecule has 0 bridgehead atoms. The third kappa shape index (κ3) is 2.58. The van der Waals surface area contributed by atoms with Gasteiger partial charge in [0.05, 0.1) is 23.2 Å². The number of hydrogen-bond donors (Lipinski definition) is 2. The molecule has 4 heteroatoms. The van der Waals surface area contributed by atoms with Gasteiger partial charge < -0.3 is 15.0 Å². The lowest BCUT2D eigenvalue weighted by Crippen LogP contribution is -2.46. The number of aryl methyl sites for hydroxylation is 1. The highest BCUT2D eigenvalue weighted by atomic mass is 16.3. The fourth-order valence-electron chi connectivity index (χ4n) is 2.90. The van der Waals surface area contributed by atoms with Crippen molar-refractivity contribution in [3.63, 3.8) is 0 Å². The van der Waals surface area contributed by atoms with Crippen molar-refractivity contribution in [3.05, 3.63) is 30.1 Å². The smallest absolute Gasteiger partial charge is 0.123 e. The molecule has 0 aliphatic heterocycles. The summed E-state index contributed by atoms with van der Waals surface area (Å²) in [7, 11) is 0. The second-order valence-corrected chi connectivity index (χ2v) is 5.85. The molecule has 0 saturated heterocycles. The number of imidazole rings is 1. The van der Waals surface area contributed by atoms with Crippen LogP contribution in [-0.4, -0.2) is 26.8 Å². The molecule has 108 valence electrons. The van der Waals surface area contributed by atoms with Crippen molar-refractivity contribution >= 4 is 11.0 Å². The number of para-hydroxylation sites is 2. The molecule has 3 rings (SSSR count). The van der Waals surface area contributed by atoms with Gasteiger partial charge in [-0.25, -0.2) is 4.98 Å². The SMILES string of the molecule is CCCn1c(CNCC2(O)CCC2)nc2ccccc21. The third-order valence-corrected chi connectivity index (χ3v) is 4.20. The van der Waals surface area contributed by atoms with Crippen molar-refractivity contribution in [1.82, 2.24) is 14.9 Å². The molecule has 0 unspecified atom stereocenters. The predicted octanol–water partition coefficient (Wildman–Crippen LogP) is 2.45. The molecular weight excluding hydrogens is 250 g/mol. The first-order valence-electron chi connectivity index (χ1n) is 7.59. The van der Waals surface area contributed by atoms with Crippen LogP contribution in [0.25, 0.3) is 11.0 Å². The molecule has 1 aliphatic rings. The minimum Gasteiger partial charge on any atom is -0.389 e. The van der Waals surface area contributed by atoms with Crippen LogP contribution in [0, 0.1) is 0 Å².